The summed E-state index contributed by atoms with van der Waals surface area (Å²) in [6, 6.07) is 9.73. The van der Waals surface area contributed by atoms with Crippen LogP contribution in [0.2, 0.25) is 0 Å². The molecule has 34 heavy (non-hydrogen) atoms. The third-order valence-electron chi connectivity index (χ3n) is 5.52. The molecule has 0 aliphatic carbocycles. The van der Waals surface area contributed by atoms with Crippen molar-refractivity contribution in [3.05, 3.63) is 60.2 Å². The van der Waals surface area contributed by atoms with E-state index in [1.807, 2.05) is 45.0 Å². The van der Waals surface area contributed by atoms with Crippen LogP contribution in [-0.2, 0) is 4.74 Å². The van der Waals surface area contributed by atoms with Gasteiger partial charge in [-0.3, -0.25) is 4.79 Å². The van der Waals surface area contributed by atoms with E-state index in [4.69, 9.17) is 10.5 Å². The number of aromatic nitrogens is 4. The highest BCUT2D eigenvalue weighted by Crippen LogP contribution is 2.30. The van der Waals surface area contributed by atoms with Gasteiger partial charge in [0.05, 0.1) is 6.20 Å². The molecule has 0 unspecified atom stereocenters. The number of primary amides is 1. The standard InChI is InChI=1S/C24H29N7O3/c1-24(2,3)34-23(33)30-13-9-17(10-14-30)16-5-7-18(8-6-16)28-22-20(21(25)32)26-15-19(29-22)31-12-4-11-27-31/h4-8,11-12,15,17H,9-10,13-14H2,1-3H3,(H2,25,32)(H,28,29). The molecule has 4 rings (SSSR count). The summed E-state index contributed by atoms with van der Waals surface area (Å²) in [7, 11) is 0. The molecule has 1 aliphatic rings. The molecule has 3 aromatic rings. The van der Waals surface area contributed by atoms with Crippen LogP contribution in [0.3, 0.4) is 0 Å². The summed E-state index contributed by atoms with van der Waals surface area (Å²) in [6.07, 6.45) is 6.30. The Hall–Kier alpha value is -3.95. The topological polar surface area (TPSA) is 128 Å². The SMILES string of the molecule is CC(C)(C)OC(=O)N1CCC(c2ccc(Nc3nc(-n4cccn4)cnc3C(N)=O)cc2)CC1. The van der Waals surface area contributed by atoms with Crippen molar-refractivity contribution < 1.29 is 14.3 Å². The van der Waals surface area contributed by atoms with E-state index in [0.29, 0.717) is 24.8 Å². The van der Waals surface area contributed by atoms with Crippen LogP contribution >= 0.6 is 0 Å². The summed E-state index contributed by atoms with van der Waals surface area (Å²) in [5.74, 6) is 0.414. The summed E-state index contributed by atoms with van der Waals surface area (Å²) >= 11 is 0. The molecule has 2 aromatic heterocycles. The first-order valence-electron chi connectivity index (χ1n) is 11.2. The summed E-state index contributed by atoms with van der Waals surface area (Å²) in [4.78, 5) is 34.5. The third-order valence-corrected chi connectivity index (χ3v) is 5.52. The Kier molecular flexibility index (Phi) is 6.49. The predicted molar refractivity (Wildman–Crippen MR) is 127 cm³/mol. The molecule has 178 valence electrons. The number of likely N-dealkylation sites (tertiary alicyclic amines) is 1. The van der Waals surface area contributed by atoms with Gasteiger partial charge in [-0.15, -0.1) is 0 Å². The van der Waals surface area contributed by atoms with Crippen LogP contribution in [0.4, 0.5) is 16.3 Å². The largest absolute Gasteiger partial charge is 0.444 e. The highest BCUT2D eigenvalue weighted by Gasteiger charge is 2.27. The van der Waals surface area contributed by atoms with E-state index < -0.39 is 11.5 Å². The molecule has 3 heterocycles. The fourth-order valence-corrected chi connectivity index (χ4v) is 3.86. The number of amides is 2. The molecule has 0 spiro atoms. The van der Waals surface area contributed by atoms with Gasteiger partial charge in [-0.2, -0.15) is 5.10 Å². The average Bonchev–Trinajstić information content (AvgIpc) is 3.33. The minimum atomic E-state index is -0.671. The number of nitrogens with two attached hydrogens (primary N) is 1. The zero-order valence-corrected chi connectivity index (χ0v) is 19.6. The summed E-state index contributed by atoms with van der Waals surface area (Å²) in [5, 5.41) is 7.29. The van der Waals surface area contributed by atoms with Crippen molar-refractivity contribution in [2.75, 3.05) is 18.4 Å². The van der Waals surface area contributed by atoms with E-state index >= 15 is 0 Å². The second-order valence-corrected chi connectivity index (χ2v) is 9.23. The first-order valence-corrected chi connectivity index (χ1v) is 11.2. The minimum absolute atomic E-state index is 0.0505. The highest BCUT2D eigenvalue weighted by atomic mass is 16.6. The lowest BCUT2D eigenvalue weighted by molar-refractivity contribution is 0.0204. The van der Waals surface area contributed by atoms with E-state index in [2.05, 4.69) is 20.4 Å². The van der Waals surface area contributed by atoms with E-state index in [0.717, 1.165) is 18.5 Å². The zero-order chi connectivity index (χ0) is 24.3. The molecule has 0 saturated carbocycles. The summed E-state index contributed by atoms with van der Waals surface area (Å²) < 4.78 is 7.03. The van der Waals surface area contributed by atoms with Crippen molar-refractivity contribution in [1.82, 2.24) is 24.6 Å². The van der Waals surface area contributed by atoms with Crippen molar-refractivity contribution in [3.8, 4) is 5.82 Å². The van der Waals surface area contributed by atoms with E-state index in [-0.39, 0.29) is 17.6 Å². The van der Waals surface area contributed by atoms with Crippen LogP contribution in [0.1, 0.15) is 55.6 Å². The van der Waals surface area contributed by atoms with Crippen molar-refractivity contribution >= 4 is 23.5 Å². The normalized spacial score (nSPS) is 14.6. The molecule has 1 fully saturated rings. The molecule has 1 aliphatic heterocycles. The van der Waals surface area contributed by atoms with Gasteiger partial charge in [0, 0.05) is 31.2 Å². The Morgan fingerprint density at radius 1 is 1.15 bits per heavy atom. The summed E-state index contributed by atoms with van der Waals surface area (Å²) in [5.41, 5.74) is 6.99. The van der Waals surface area contributed by atoms with Crippen LogP contribution in [-0.4, -0.2) is 55.3 Å². The average molecular weight is 464 g/mol. The smallest absolute Gasteiger partial charge is 0.410 e. The Morgan fingerprint density at radius 2 is 1.85 bits per heavy atom. The van der Waals surface area contributed by atoms with Crippen molar-refractivity contribution in [3.63, 3.8) is 0 Å². The number of carbonyl (C=O) groups is 2. The number of hydrogen-bond donors (Lipinski definition) is 2. The summed E-state index contributed by atoms with van der Waals surface area (Å²) in [6.45, 7) is 6.95. The van der Waals surface area contributed by atoms with Crippen LogP contribution < -0.4 is 11.1 Å². The predicted octanol–water partition coefficient (Wildman–Crippen LogP) is 3.62. The number of ether oxygens (including phenoxy) is 1. The van der Waals surface area contributed by atoms with Gasteiger partial charge in [0.1, 0.15) is 5.60 Å². The molecule has 0 atom stereocenters. The minimum Gasteiger partial charge on any atom is -0.444 e. The second kappa shape index (κ2) is 9.50. The number of nitrogens with one attached hydrogen (secondary N) is 1. The molecule has 3 N–H and O–H groups in total. The second-order valence-electron chi connectivity index (χ2n) is 9.23. The van der Waals surface area contributed by atoms with Crippen LogP contribution in [0, 0.1) is 0 Å². The number of anilines is 2. The van der Waals surface area contributed by atoms with Gasteiger partial charge >= 0.3 is 6.09 Å². The fourth-order valence-electron chi connectivity index (χ4n) is 3.86. The van der Waals surface area contributed by atoms with Crippen molar-refractivity contribution in [2.45, 2.75) is 45.1 Å². The maximum absolute atomic E-state index is 12.3. The number of nitrogens with zero attached hydrogens (tertiary/aromatic N) is 5. The first-order chi connectivity index (χ1) is 16.2. The molecule has 0 radical (unpaired) electrons. The van der Waals surface area contributed by atoms with Gasteiger partial charge in [0.25, 0.3) is 5.91 Å². The lowest BCUT2D eigenvalue weighted by Gasteiger charge is -2.33. The lowest BCUT2D eigenvalue weighted by Crippen LogP contribution is -2.41. The van der Waals surface area contributed by atoms with Crippen LogP contribution in [0.15, 0.2) is 48.9 Å². The molecule has 2 amide bonds. The molecule has 1 saturated heterocycles. The molecular weight excluding hydrogens is 434 g/mol. The molecule has 0 bridgehead atoms. The van der Waals surface area contributed by atoms with Crippen LogP contribution in [0.5, 0.6) is 0 Å². The number of benzene rings is 1. The van der Waals surface area contributed by atoms with Crippen molar-refractivity contribution in [1.29, 1.82) is 0 Å². The molecule has 10 heteroatoms. The Bertz CT molecular complexity index is 1150. The Labute approximate surface area is 198 Å². The third kappa shape index (κ3) is 5.51. The number of piperidine rings is 1. The number of carbonyl (C=O) groups excluding carboxylic acids is 2. The maximum atomic E-state index is 12.3. The van der Waals surface area contributed by atoms with Gasteiger partial charge in [-0.05, 0) is 63.3 Å². The van der Waals surface area contributed by atoms with E-state index in [9.17, 15) is 9.59 Å². The van der Waals surface area contributed by atoms with Gasteiger partial charge in [-0.1, -0.05) is 12.1 Å². The van der Waals surface area contributed by atoms with Gasteiger partial charge in [-0.25, -0.2) is 19.4 Å². The molecule has 10 nitrogen and oxygen atoms in total. The Balaban J connectivity index is 1.42. The number of hydrogen-bond acceptors (Lipinski definition) is 7. The van der Waals surface area contributed by atoms with Gasteiger partial charge < -0.3 is 20.7 Å². The molecule has 1 aromatic carbocycles. The van der Waals surface area contributed by atoms with Gasteiger partial charge in [0.2, 0.25) is 0 Å². The van der Waals surface area contributed by atoms with Crippen molar-refractivity contribution in [2.24, 2.45) is 5.73 Å². The van der Waals surface area contributed by atoms with E-state index in [1.54, 1.807) is 28.0 Å². The van der Waals surface area contributed by atoms with Crippen LogP contribution in [0.25, 0.3) is 5.82 Å². The zero-order valence-electron chi connectivity index (χ0n) is 19.6. The van der Waals surface area contributed by atoms with E-state index in [1.165, 1.54) is 11.8 Å². The monoisotopic (exact) mass is 463 g/mol. The maximum Gasteiger partial charge on any atom is 0.410 e. The van der Waals surface area contributed by atoms with Gasteiger partial charge in [0.15, 0.2) is 17.3 Å². The Morgan fingerprint density at radius 3 is 2.44 bits per heavy atom. The first kappa shape index (κ1) is 23.2. The number of rotatable bonds is 5. The highest BCUT2D eigenvalue weighted by molar-refractivity contribution is 5.96. The quantitative estimate of drug-likeness (QED) is 0.591. The fraction of sp³-hybridized carbons (Fsp3) is 0.375. The molecular formula is C24H29N7O3. The lowest BCUT2D eigenvalue weighted by atomic mass is 9.89.